The molecule has 0 radical (unpaired) electrons. The summed E-state index contributed by atoms with van der Waals surface area (Å²) in [4.78, 5) is 12.7. The number of oxazole rings is 1. The maximum absolute atomic E-state index is 5.38. The summed E-state index contributed by atoms with van der Waals surface area (Å²) in [5.74, 6) is 3.75. The zero-order chi connectivity index (χ0) is 13.0. The largest absolute Gasteiger partial charge is 0.444 e. The highest BCUT2D eigenvalue weighted by molar-refractivity contribution is 5.47. The molecule has 6 heteroatoms. The highest BCUT2D eigenvalue weighted by Crippen LogP contribution is 2.12. The van der Waals surface area contributed by atoms with Gasteiger partial charge in [0.2, 0.25) is 5.89 Å². The lowest BCUT2D eigenvalue weighted by molar-refractivity contribution is 0.479. The number of hydrogen-bond acceptors (Lipinski definition) is 6. The standard InChI is InChI=1S/C12H17N5O/c1-4-13-10-5-11(17-9(3)16-10)14-7-12-15-6-8(2)18-12/h5-6H,4,7H2,1-3H3,(H2,13,14,16,17). The zero-order valence-corrected chi connectivity index (χ0v) is 10.8. The molecule has 18 heavy (non-hydrogen) atoms. The molecule has 0 aliphatic rings. The number of nitrogens with one attached hydrogen (secondary N) is 2. The molecular formula is C12H17N5O. The minimum absolute atomic E-state index is 0.510. The quantitative estimate of drug-likeness (QED) is 0.843. The molecule has 0 unspecified atom stereocenters. The Kier molecular flexibility index (Phi) is 3.76. The van der Waals surface area contributed by atoms with E-state index in [9.17, 15) is 0 Å². The first-order chi connectivity index (χ1) is 8.67. The Balaban J connectivity index is 2.04. The van der Waals surface area contributed by atoms with E-state index >= 15 is 0 Å². The molecule has 0 saturated heterocycles. The van der Waals surface area contributed by atoms with Crippen LogP contribution in [0, 0.1) is 13.8 Å². The zero-order valence-electron chi connectivity index (χ0n) is 10.8. The van der Waals surface area contributed by atoms with Crippen LogP contribution in [0.4, 0.5) is 11.6 Å². The molecule has 2 N–H and O–H groups in total. The summed E-state index contributed by atoms with van der Waals surface area (Å²) >= 11 is 0. The van der Waals surface area contributed by atoms with Gasteiger partial charge in [-0.25, -0.2) is 15.0 Å². The number of aryl methyl sites for hydroxylation is 2. The SMILES string of the molecule is CCNc1cc(NCc2ncc(C)o2)nc(C)n1. The average Bonchev–Trinajstić information content (AvgIpc) is 2.72. The summed E-state index contributed by atoms with van der Waals surface area (Å²) in [5.41, 5.74) is 0. The molecule has 96 valence electrons. The fourth-order valence-electron chi connectivity index (χ4n) is 1.58. The van der Waals surface area contributed by atoms with Gasteiger partial charge in [0.1, 0.15) is 23.2 Å². The third-order valence-electron chi connectivity index (χ3n) is 2.29. The van der Waals surface area contributed by atoms with Crippen LogP contribution in [-0.4, -0.2) is 21.5 Å². The van der Waals surface area contributed by atoms with Crippen molar-refractivity contribution in [2.24, 2.45) is 0 Å². The topological polar surface area (TPSA) is 75.9 Å². The monoisotopic (exact) mass is 247 g/mol. The van der Waals surface area contributed by atoms with Gasteiger partial charge in [-0.1, -0.05) is 0 Å². The summed E-state index contributed by atoms with van der Waals surface area (Å²) in [6, 6.07) is 1.87. The van der Waals surface area contributed by atoms with Crippen molar-refractivity contribution in [2.75, 3.05) is 17.2 Å². The van der Waals surface area contributed by atoms with Crippen molar-refractivity contribution in [1.29, 1.82) is 0 Å². The van der Waals surface area contributed by atoms with Gasteiger partial charge < -0.3 is 15.1 Å². The van der Waals surface area contributed by atoms with Gasteiger partial charge in [-0.05, 0) is 20.8 Å². The molecular weight excluding hydrogens is 230 g/mol. The predicted molar refractivity (Wildman–Crippen MR) is 69.5 cm³/mol. The lowest BCUT2D eigenvalue weighted by Crippen LogP contribution is -2.06. The minimum Gasteiger partial charge on any atom is -0.444 e. The maximum Gasteiger partial charge on any atom is 0.213 e. The van der Waals surface area contributed by atoms with E-state index < -0.39 is 0 Å². The fourth-order valence-corrected chi connectivity index (χ4v) is 1.58. The van der Waals surface area contributed by atoms with Crippen molar-refractivity contribution in [3.63, 3.8) is 0 Å². The van der Waals surface area contributed by atoms with Crippen molar-refractivity contribution >= 4 is 11.6 Å². The van der Waals surface area contributed by atoms with Crippen LogP contribution in [0.2, 0.25) is 0 Å². The second kappa shape index (κ2) is 5.48. The Morgan fingerprint density at radius 1 is 1.17 bits per heavy atom. The highest BCUT2D eigenvalue weighted by atomic mass is 16.4. The van der Waals surface area contributed by atoms with Gasteiger partial charge in [0.15, 0.2) is 0 Å². The molecule has 0 saturated carbocycles. The van der Waals surface area contributed by atoms with E-state index in [0.29, 0.717) is 12.4 Å². The van der Waals surface area contributed by atoms with E-state index in [1.54, 1.807) is 6.20 Å². The maximum atomic E-state index is 5.38. The molecule has 2 heterocycles. The van der Waals surface area contributed by atoms with Gasteiger partial charge in [0.05, 0.1) is 12.7 Å². The van der Waals surface area contributed by atoms with E-state index in [0.717, 1.165) is 29.8 Å². The van der Waals surface area contributed by atoms with E-state index in [1.807, 2.05) is 26.8 Å². The second-order valence-corrected chi connectivity index (χ2v) is 3.93. The van der Waals surface area contributed by atoms with Crippen molar-refractivity contribution in [3.8, 4) is 0 Å². The van der Waals surface area contributed by atoms with Crippen LogP contribution in [0.25, 0.3) is 0 Å². The van der Waals surface area contributed by atoms with Crippen LogP contribution in [-0.2, 0) is 6.54 Å². The Labute approximate surface area is 106 Å². The van der Waals surface area contributed by atoms with Crippen LogP contribution in [0.1, 0.15) is 24.4 Å². The number of hydrogen-bond donors (Lipinski definition) is 2. The van der Waals surface area contributed by atoms with Gasteiger partial charge in [-0.3, -0.25) is 0 Å². The summed E-state index contributed by atoms with van der Waals surface area (Å²) in [6.45, 7) is 7.10. The smallest absolute Gasteiger partial charge is 0.213 e. The second-order valence-electron chi connectivity index (χ2n) is 3.93. The third kappa shape index (κ3) is 3.19. The molecule has 0 atom stereocenters. The summed E-state index contributed by atoms with van der Waals surface area (Å²) in [6.07, 6.45) is 1.70. The average molecular weight is 247 g/mol. The lowest BCUT2D eigenvalue weighted by Gasteiger charge is -2.07. The fraction of sp³-hybridized carbons (Fsp3) is 0.417. The van der Waals surface area contributed by atoms with E-state index in [2.05, 4.69) is 25.6 Å². The molecule has 6 nitrogen and oxygen atoms in total. The number of rotatable bonds is 5. The normalized spacial score (nSPS) is 10.4. The number of anilines is 2. The Morgan fingerprint density at radius 3 is 2.50 bits per heavy atom. The van der Waals surface area contributed by atoms with Crippen molar-refractivity contribution in [1.82, 2.24) is 15.0 Å². The first-order valence-corrected chi connectivity index (χ1v) is 5.92. The van der Waals surface area contributed by atoms with Crippen LogP contribution in [0.5, 0.6) is 0 Å². The van der Waals surface area contributed by atoms with Gasteiger partial charge in [-0.2, -0.15) is 0 Å². The van der Waals surface area contributed by atoms with Crippen LogP contribution >= 0.6 is 0 Å². The first-order valence-electron chi connectivity index (χ1n) is 5.92. The van der Waals surface area contributed by atoms with Gasteiger partial charge in [-0.15, -0.1) is 0 Å². The highest BCUT2D eigenvalue weighted by Gasteiger charge is 2.03. The van der Waals surface area contributed by atoms with E-state index in [-0.39, 0.29) is 0 Å². The summed E-state index contributed by atoms with van der Waals surface area (Å²) in [7, 11) is 0. The summed E-state index contributed by atoms with van der Waals surface area (Å²) < 4.78 is 5.38. The molecule has 0 aliphatic heterocycles. The Hall–Kier alpha value is -2.11. The molecule has 2 rings (SSSR count). The van der Waals surface area contributed by atoms with Crippen LogP contribution < -0.4 is 10.6 Å². The first kappa shape index (κ1) is 12.3. The van der Waals surface area contributed by atoms with Crippen molar-refractivity contribution in [2.45, 2.75) is 27.3 Å². The lowest BCUT2D eigenvalue weighted by atomic mass is 10.4. The molecule has 2 aromatic rings. The molecule has 0 aromatic carbocycles. The number of nitrogens with zero attached hydrogens (tertiary/aromatic N) is 3. The molecule has 0 fully saturated rings. The predicted octanol–water partition coefficient (Wildman–Crippen LogP) is 2.13. The molecule has 0 bridgehead atoms. The van der Waals surface area contributed by atoms with E-state index in [4.69, 9.17) is 4.42 Å². The van der Waals surface area contributed by atoms with Crippen molar-refractivity contribution in [3.05, 3.63) is 29.7 Å². The summed E-state index contributed by atoms with van der Waals surface area (Å²) in [5, 5.41) is 6.33. The molecule has 0 aliphatic carbocycles. The molecule has 0 spiro atoms. The van der Waals surface area contributed by atoms with Crippen molar-refractivity contribution < 1.29 is 4.42 Å². The minimum atomic E-state index is 0.510. The van der Waals surface area contributed by atoms with Gasteiger partial charge in [0, 0.05) is 12.6 Å². The van der Waals surface area contributed by atoms with Gasteiger partial charge in [0.25, 0.3) is 0 Å². The Bertz CT molecular complexity index is 523. The molecule has 0 amide bonds. The molecule has 2 aromatic heterocycles. The number of aromatic nitrogens is 3. The Morgan fingerprint density at radius 2 is 1.89 bits per heavy atom. The van der Waals surface area contributed by atoms with Crippen LogP contribution in [0.3, 0.4) is 0 Å². The van der Waals surface area contributed by atoms with Gasteiger partial charge >= 0.3 is 0 Å². The van der Waals surface area contributed by atoms with E-state index in [1.165, 1.54) is 0 Å². The third-order valence-corrected chi connectivity index (χ3v) is 2.29. The van der Waals surface area contributed by atoms with Crippen LogP contribution in [0.15, 0.2) is 16.7 Å².